The summed E-state index contributed by atoms with van der Waals surface area (Å²) in [6.07, 6.45) is 1.40. The minimum atomic E-state index is -1.02. The summed E-state index contributed by atoms with van der Waals surface area (Å²) in [6.45, 7) is -0.378. The molecule has 0 aromatic heterocycles. The Kier molecular flexibility index (Phi) is 5.75. The molecule has 0 unspecified atom stereocenters. The second-order valence-corrected chi connectivity index (χ2v) is 6.13. The van der Waals surface area contributed by atoms with Gasteiger partial charge in [0.15, 0.2) is 0 Å². The van der Waals surface area contributed by atoms with E-state index in [0.717, 1.165) is 22.2 Å². The first-order valence-electron chi connectivity index (χ1n) is 7.14. The molecule has 1 fully saturated rings. The van der Waals surface area contributed by atoms with Crippen LogP contribution in [0.5, 0.6) is 0 Å². The van der Waals surface area contributed by atoms with Crippen LogP contribution < -0.4 is 0 Å². The Bertz CT molecular complexity index is 702. The van der Waals surface area contributed by atoms with Gasteiger partial charge in [0.25, 0.3) is 11.1 Å². The molecule has 1 saturated heterocycles. The first kappa shape index (κ1) is 17.7. The van der Waals surface area contributed by atoms with Crippen molar-refractivity contribution in [2.45, 2.75) is 6.42 Å². The number of likely N-dealkylation sites (N-methyl/N-ethyl adjacent to an activating group) is 1. The van der Waals surface area contributed by atoms with Crippen LogP contribution in [0.4, 0.5) is 4.79 Å². The zero-order valence-corrected chi connectivity index (χ0v) is 13.8. The van der Waals surface area contributed by atoms with E-state index in [2.05, 4.69) is 0 Å². The van der Waals surface area contributed by atoms with Crippen molar-refractivity contribution < 1.29 is 24.3 Å². The van der Waals surface area contributed by atoms with Gasteiger partial charge in [-0.2, -0.15) is 0 Å². The van der Waals surface area contributed by atoms with Gasteiger partial charge < -0.3 is 10.0 Å². The summed E-state index contributed by atoms with van der Waals surface area (Å²) < 4.78 is 0. The molecule has 0 atom stereocenters. The summed E-state index contributed by atoms with van der Waals surface area (Å²) in [6, 6.07) is 9.08. The summed E-state index contributed by atoms with van der Waals surface area (Å²) >= 11 is 0.782. The van der Waals surface area contributed by atoms with Crippen LogP contribution in [-0.2, 0) is 14.4 Å². The molecule has 1 heterocycles. The molecular weight excluding hydrogens is 332 g/mol. The number of carboxylic acids is 1. The summed E-state index contributed by atoms with van der Waals surface area (Å²) in [7, 11) is 1.43. The number of carbonyl (C=O) groups is 4. The number of thioether (sulfide) groups is 1. The van der Waals surface area contributed by atoms with E-state index < -0.39 is 29.6 Å². The highest BCUT2D eigenvalue weighted by Gasteiger charge is 2.36. The third-order valence-corrected chi connectivity index (χ3v) is 4.26. The molecule has 24 heavy (non-hydrogen) atoms. The van der Waals surface area contributed by atoms with Gasteiger partial charge in [-0.25, -0.2) is 0 Å². The second-order valence-electron chi connectivity index (χ2n) is 5.14. The fourth-order valence-corrected chi connectivity index (χ4v) is 2.82. The van der Waals surface area contributed by atoms with Gasteiger partial charge in [0.05, 0.1) is 11.3 Å². The zero-order chi connectivity index (χ0) is 17.7. The predicted molar refractivity (Wildman–Crippen MR) is 89.0 cm³/mol. The number of carboxylic acid groups (broad SMARTS) is 1. The van der Waals surface area contributed by atoms with Crippen molar-refractivity contribution in [3.05, 3.63) is 40.8 Å². The van der Waals surface area contributed by atoms with Gasteiger partial charge in [0.2, 0.25) is 5.91 Å². The number of hydrogen-bond donors (Lipinski definition) is 1. The van der Waals surface area contributed by atoms with Crippen LogP contribution in [0.3, 0.4) is 0 Å². The van der Waals surface area contributed by atoms with Crippen molar-refractivity contribution in [3.63, 3.8) is 0 Å². The summed E-state index contributed by atoms with van der Waals surface area (Å²) in [4.78, 5) is 49.1. The lowest BCUT2D eigenvalue weighted by molar-refractivity contribution is -0.139. The first-order valence-corrected chi connectivity index (χ1v) is 7.96. The molecule has 1 N–H and O–H groups in total. The molecular formula is C16H16N2O5S. The van der Waals surface area contributed by atoms with E-state index in [0.29, 0.717) is 0 Å². The number of benzene rings is 1. The average Bonchev–Trinajstić information content (AvgIpc) is 2.81. The smallest absolute Gasteiger partial charge is 0.305 e. The molecule has 1 aromatic rings. The van der Waals surface area contributed by atoms with Gasteiger partial charge in [0.1, 0.15) is 6.54 Å². The standard InChI is InChI=1S/C16H16N2O5S/c1-17(8-7-14(20)21)13(19)10-18-15(22)12(24-16(18)23)9-11-5-3-2-4-6-11/h2-6,9H,7-8,10H2,1H3,(H,20,21)/b12-9+. The lowest BCUT2D eigenvalue weighted by Crippen LogP contribution is -2.41. The maximum atomic E-state index is 12.3. The minimum absolute atomic E-state index is 0.0181. The van der Waals surface area contributed by atoms with E-state index in [1.165, 1.54) is 11.9 Å². The van der Waals surface area contributed by atoms with Gasteiger partial charge in [-0.1, -0.05) is 30.3 Å². The number of aliphatic carboxylic acids is 1. The molecule has 8 heteroatoms. The summed E-state index contributed by atoms with van der Waals surface area (Å²) in [5.41, 5.74) is 0.785. The largest absolute Gasteiger partial charge is 0.481 e. The minimum Gasteiger partial charge on any atom is -0.481 e. The molecule has 2 rings (SSSR count). The van der Waals surface area contributed by atoms with Gasteiger partial charge in [-0.15, -0.1) is 0 Å². The Morgan fingerprint density at radius 1 is 1.25 bits per heavy atom. The molecule has 0 saturated carbocycles. The SMILES string of the molecule is CN(CCC(=O)O)C(=O)CN1C(=O)S/C(=C/c2ccccc2)C1=O. The molecule has 126 valence electrons. The third kappa shape index (κ3) is 4.45. The maximum absolute atomic E-state index is 12.3. The quantitative estimate of drug-likeness (QED) is 0.786. The number of carbonyl (C=O) groups excluding carboxylic acids is 3. The number of rotatable bonds is 6. The van der Waals surface area contributed by atoms with E-state index in [4.69, 9.17) is 5.11 Å². The van der Waals surface area contributed by atoms with Gasteiger partial charge in [-0.3, -0.25) is 24.1 Å². The Hall–Kier alpha value is -2.61. The Labute approximate surface area is 142 Å². The monoisotopic (exact) mass is 348 g/mol. The van der Waals surface area contributed by atoms with Crippen molar-refractivity contribution in [1.29, 1.82) is 0 Å². The average molecular weight is 348 g/mol. The summed E-state index contributed by atoms with van der Waals surface area (Å²) in [5.74, 6) is -2.03. The van der Waals surface area contributed by atoms with E-state index in [1.807, 2.05) is 18.2 Å². The lowest BCUT2D eigenvalue weighted by Gasteiger charge is -2.19. The molecule has 7 nitrogen and oxygen atoms in total. The number of hydrogen-bond acceptors (Lipinski definition) is 5. The van der Waals surface area contributed by atoms with Crippen molar-refractivity contribution in [3.8, 4) is 0 Å². The van der Waals surface area contributed by atoms with E-state index in [9.17, 15) is 19.2 Å². The first-order chi connectivity index (χ1) is 11.4. The van der Waals surface area contributed by atoms with E-state index in [-0.39, 0.29) is 17.9 Å². The molecule has 3 amide bonds. The molecule has 1 aliphatic heterocycles. The third-order valence-electron chi connectivity index (χ3n) is 3.35. The Morgan fingerprint density at radius 2 is 1.92 bits per heavy atom. The van der Waals surface area contributed by atoms with Gasteiger partial charge >= 0.3 is 5.97 Å². The van der Waals surface area contributed by atoms with Crippen LogP contribution in [0.25, 0.3) is 6.08 Å². The summed E-state index contributed by atoms with van der Waals surface area (Å²) in [5, 5.41) is 8.11. The lowest BCUT2D eigenvalue weighted by atomic mass is 10.2. The van der Waals surface area contributed by atoms with E-state index >= 15 is 0 Å². The predicted octanol–water partition coefficient (Wildman–Crippen LogP) is 1.66. The molecule has 0 bridgehead atoms. The normalized spacial score (nSPS) is 15.9. The Balaban J connectivity index is 2.03. The van der Waals surface area contributed by atoms with Crippen LogP contribution in [0.2, 0.25) is 0 Å². The fourth-order valence-electron chi connectivity index (χ4n) is 1.98. The molecule has 0 radical (unpaired) electrons. The highest BCUT2D eigenvalue weighted by molar-refractivity contribution is 8.18. The molecule has 0 aliphatic carbocycles. The number of imide groups is 1. The molecule has 0 spiro atoms. The topological polar surface area (TPSA) is 95.0 Å². The zero-order valence-electron chi connectivity index (χ0n) is 13.0. The van der Waals surface area contributed by atoms with Gasteiger partial charge in [-0.05, 0) is 23.4 Å². The molecule has 1 aromatic carbocycles. The van der Waals surface area contributed by atoms with E-state index in [1.54, 1.807) is 18.2 Å². The highest BCUT2D eigenvalue weighted by atomic mass is 32.2. The number of nitrogens with zero attached hydrogens (tertiary/aromatic N) is 2. The van der Waals surface area contributed by atoms with Crippen LogP contribution in [0.15, 0.2) is 35.2 Å². The van der Waals surface area contributed by atoms with Crippen molar-refractivity contribution in [1.82, 2.24) is 9.80 Å². The van der Waals surface area contributed by atoms with Crippen LogP contribution in [-0.4, -0.2) is 58.1 Å². The number of amides is 3. The van der Waals surface area contributed by atoms with Crippen molar-refractivity contribution in [2.24, 2.45) is 0 Å². The van der Waals surface area contributed by atoms with Crippen LogP contribution in [0, 0.1) is 0 Å². The van der Waals surface area contributed by atoms with Crippen LogP contribution >= 0.6 is 11.8 Å². The fraction of sp³-hybridized carbons (Fsp3) is 0.250. The van der Waals surface area contributed by atoms with Crippen LogP contribution in [0.1, 0.15) is 12.0 Å². The molecule has 1 aliphatic rings. The second kappa shape index (κ2) is 7.78. The van der Waals surface area contributed by atoms with Gasteiger partial charge in [0, 0.05) is 13.6 Å². The maximum Gasteiger partial charge on any atom is 0.305 e. The highest BCUT2D eigenvalue weighted by Crippen LogP contribution is 2.32. The van der Waals surface area contributed by atoms with Crippen molar-refractivity contribution >= 4 is 40.9 Å². The Morgan fingerprint density at radius 3 is 2.54 bits per heavy atom. The van der Waals surface area contributed by atoms with Crippen molar-refractivity contribution in [2.75, 3.05) is 20.1 Å².